The van der Waals surface area contributed by atoms with Crippen molar-refractivity contribution in [2.45, 2.75) is 38.8 Å². The van der Waals surface area contributed by atoms with Crippen molar-refractivity contribution in [2.75, 3.05) is 7.11 Å². The summed E-state index contributed by atoms with van der Waals surface area (Å²) in [4.78, 5) is 4.39. The van der Waals surface area contributed by atoms with Crippen molar-refractivity contribution in [3.8, 4) is 0 Å². The second kappa shape index (κ2) is 5.10. The Kier molecular flexibility index (Phi) is 3.83. The topological polar surface area (TPSA) is 27.1 Å². The van der Waals surface area contributed by atoms with Gasteiger partial charge in [-0.3, -0.25) is 0 Å². The lowest BCUT2D eigenvalue weighted by molar-refractivity contribution is 0.00854. The standard InChI is InChI=1S/C14H18ClFN2O/c1-9-5-12-11(6-10(9)16)17-13(7-15)18(12)8-14(2,3)19-4/h5-6H,7-8H2,1-4H3. The minimum Gasteiger partial charge on any atom is -0.377 e. The van der Waals surface area contributed by atoms with Crippen LogP contribution in [0.2, 0.25) is 0 Å². The molecule has 0 aliphatic heterocycles. The summed E-state index contributed by atoms with van der Waals surface area (Å²) in [6, 6.07) is 3.26. The maximum Gasteiger partial charge on any atom is 0.128 e. The number of alkyl halides is 1. The van der Waals surface area contributed by atoms with Gasteiger partial charge in [0, 0.05) is 13.2 Å². The van der Waals surface area contributed by atoms with Gasteiger partial charge in [0.15, 0.2) is 0 Å². The number of nitrogens with zero attached hydrogens (tertiary/aromatic N) is 2. The summed E-state index contributed by atoms with van der Waals surface area (Å²) in [5.41, 5.74) is 1.78. The molecular weight excluding hydrogens is 267 g/mol. The Hall–Kier alpha value is -1.13. The lowest BCUT2D eigenvalue weighted by Gasteiger charge is -2.24. The van der Waals surface area contributed by atoms with Crippen LogP contribution in [0.1, 0.15) is 25.2 Å². The summed E-state index contributed by atoms with van der Waals surface area (Å²) in [5.74, 6) is 0.769. The fraction of sp³-hybridized carbons (Fsp3) is 0.500. The van der Waals surface area contributed by atoms with Crippen LogP contribution < -0.4 is 0 Å². The number of benzene rings is 1. The van der Waals surface area contributed by atoms with E-state index in [0.29, 0.717) is 17.6 Å². The summed E-state index contributed by atoms with van der Waals surface area (Å²) in [6.07, 6.45) is 0. The van der Waals surface area contributed by atoms with Crippen LogP contribution in [0.5, 0.6) is 0 Å². The zero-order chi connectivity index (χ0) is 14.2. The van der Waals surface area contributed by atoms with Gasteiger partial charge in [0.05, 0.1) is 29.1 Å². The highest BCUT2D eigenvalue weighted by Crippen LogP contribution is 2.24. The maximum atomic E-state index is 13.6. The molecule has 0 N–H and O–H groups in total. The van der Waals surface area contributed by atoms with Crippen LogP contribution in [0, 0.1) is 12.7 Å². The highest BCUT2D eigenvalue weighted by Gasteiger charge is 2.21. The fourth-order valence-corrected chi connectivity index (χ4v) is 2.23. The summed E-state index contributed by atoms with van der Waals surface area (Å²) in [7, 11) is 1.67. The largest absolute Gasteiger partial charge is 0.377 e. The second-order valence-corrected chi connectivity index (χ2v) is 5.57. The van der Waals surface area contributed by atoms with E-state index in [2.05, 4.69) is 4.98 Å². The molecule has 0 fully saturated rings. The van der Waals surface area contributed by atoms with Crippen molar-refractivity contribution >= 4 is 22.6 Å². The molecule has 5 heteroatoms. The van der Waals surface area contributed by atoms with Gasteiger partial charge < -0.3 is 9.30 Å². The molecule has 0 atom stereocenters. The van der Waals surface area contributed by atoms with Crippen LogP contribution in [0.3, 0.4) is 0 Å². The molecule has 1 aromatic heterocycles. The number of ether oxygens (including phenoxy) is 1. The molecule has 19 heavy (non-hydrogen) atoms. The first-order chi connectivity index (χ1) is 8.88. The monoisotopic (exact) mass is 284 g/mol. The van der Waals surface area contributed by atoms with E-state index >= 15 is 0 Å². The Balaban J connectivity index is 2.60. The number of fused-ring (bicyclic) bond motifs is 1. The van der Waals surface area contributed by atoms with E-state index in [-0.39, 0.29) is 17.3 Å². The van der Waals surface area contributed by atoms with Gasteiger partial charge in [0.25, 0.3) is 0 Å². The first kappa shape index (κ1) is 14.3. The quantitative estimate of drug-likeness (QED) is 0.802. The SMILES string of the molecule is COC(C)(C)Cn1c(CCl)nc2cc(F)c(C)cc21. The highest BCUT2D eigenvalue weighted by atomic mass is 35.5. The summed E-state index contributed by atoms with van der Waals surface area (Å²) >= 11 is 5.94. The van der Waals surface area contributed by atoms with Crippen LogP contribution >= 0.6 is 11.6 Å². The third-order valence-corrected chi connectivity index (χ3v) is 3.56. The second-order valence-electron chi connectivity index (χ2n) is 5.30. The molecule has 2 aromatic rings. The van der Waals surface area contributed by atoms with Gasteiger partial charge in [0.1, 0.15) is 11.6 Å². The van der Waals surface area contributed by atoms with E-state index in [0.717, 1.165) is 11.3 Å². The molecule has 0 saturated carbocycles. The molecule has 1 aromatic carbocycles. The molecule has 0 radical (unpaired) electrons. The third kappa shape index (κ3) is 2.74. The van der Waals surface area contributed by atoms with Gasteiger partial charge in [-0.2, -0.15) is 0 Å². The zero-order valence-corrected chi connectivity index (χ0v) is 12.4. The van der Waals surface area contributed by atoms with Crippen LogP contribution in [0.15, 0.2) is 12.1 Å². The van der Waals surface area contributed by atoms with E-state index in [4.69, 9.17) is 16.3 Å². The van der Waals surface area contributed by atoms with Crippen molar-refractivity contribution in [3.05, 3.63) is 29.3 Å². The first-order valence-electron chi connectivity index (χ1n) is 6.14. The van der Waals surface area contributed by atoms with Gasteiger partial charge in [-0.1, -0.05) is 0 Å². The van der Waals surface area contributed by atoms with Gasteiger partial charge in [-0.05, 0) is 32.4 Å². The Bertz CT molecular complexity index is 607. The normalized spacial score (nSPS) is 12.3. The predicted octanol–water partition coefficient (Wildman–Crippen LogP) is 3.65. The van der Waals surface area contributed by atoms with Crippen LogP contribution in [0.4, 0.5) is 4.39 Å². The van der Waals surface area contributed by atoms with E-state index in [1.165, 1.54) is 6.07 Å². The number of imidazole rings is 1. The minimum absolute atomic E-state index is 0.246. The number of aromatic nitrogens is 2. The predicted molar refractivity (Wildman–Crippen MR) is 75.1 cm³/mol. The summed E-state index contributed by atoms with van der Waals surface area (Å²) < 4.78 is 21.0. The van der Waals surface area contributed by atoms with Crippen molar-refractivity contribution in [1.82, 2.24) is 9.55 Å². The molecule has 0 aliphatic carbocycles. The smallest absolute Gasteiger partial charge is 0.128 e. The molecule has 2 rings (SSSR count). The zero-order valence-electron chi connectivity index (χ0n) is 11.6. The molecule has 0 aliphatic rings. The number of rotatable bonds is 4. The maximum absolute atomic E-state index is 13.6. The summed E-state index contributed by atoms with van der Waals surface area (Å²) in [5, 5.41) is 0. The van der Waals surface area contributed by atoms with Gasteiger partial charge in [0.2, 0.25) is 0 Å². The number of hydrogen-bond donors (Lipinski definition) is 0. The fourth-order valence-electron chi connectivity index (χ4n) is 2.02. The number of methoxy groups -OCH3 is 1. The van der Waals surface area contributed by atoms with Crippen LogP contribution in [-0.4, -0.2) is 22.3 Å². The Morgan fingerprint density at radius 2 is 2.11 bits per heavy atom. The molecule has 3 nitrogen and oxygen atoms in total. The molecule has 1 heterocycles. The van der Waals surface area contributed by atoms with Crippen LogP contribution in [0.25, 0.3) is 11.0 Å². The van der Waals surface area contributed by atoms with Crippen molar-refractivity contribution in [1.29, 1.82) is 0 Å². The van der Waals surface area contributed by atoms with E-state index in [1.54, 1.807) is 20.1 Å². The average Bonchev–Trinajstić information content (AvgIpc) is 2.67. The Morgan fingerprint density at radius 3 is 2.68 bits per heavy atom. The first-order valence-corrected chi connectivity index (χ1v) is 6.68. The van der Waals surface area contributed by atoms with E-state index < -0.39 is 0 Å². The van der Waals surface area contributed by atoms with E-state index in [1.807, 2.05) is 18.4 Å². The number of hydrogen-bond acceptors (Lipinski definition) is 2. The molecule has 0 spiro atoms. The lowest BCUT2D eigenvalue weighted by Crippen LogP contribution is -2.29. The van der Waals surface area contributed by atoms with Gasteiger partial charge >= 0.3 is 0 Å². The van der Waals surface area contributed by atoms with Gasteiger partial charge in [-0.25, -0.2) is 9.37 Å². The Labute approximate surface area is 117 Å². The highest BCUT2D eigenvalue weighted by molar-refractivity contribution is 6.16. The molecule has 0 amide bonds. The number of aryl methyl sites for hydroxylation is 1. The molecule has 0 bridgehead atoms. The van der Waals surface area contributed by atoms with Crippen molar-refractivity contribution in [2.24, 2.45) is 0 Å². The summed E-state index contributed by atoms with van der Waals surface area (Å²) in [6.45, 7) is 6.35. The lowest BCUT2D eigenvalue weighted by atomic mass is 10.1. The average molecular weight is 285 g/mol. The number of halogens is 2. The molecule has 0 unspecified atom stereocenters. The third-order valence-electron chi connectivity index (χ3n) is 3.32. The molecule has 0 saturated heterocycles. The van der Waals surface area contributed by atoms with Crippen LogP contribution in [-0.2, 0) is 17.2 Å². The van der Waals surface area contributed by atoms with Crippen molar-refractivity contribution in [3.63, 3.8) is 0 Å². The van der Waals surface area contributed by atoms with E-state index in [9.17, 15) is 4.39 Å². The molecular formula is C14H18ClFN2O. The molecule has 104 valence electrons. The van der Waals surface area contributed by atoms with Gasteiger partial charge in [-0.15, -0.1) is 11.6 Å². The van der Waals surface area contributed by atoms with Crippen molar-refractivity contribution < 1.29 is 9.13 Å². The minimum atomic E-state index is -0.337. The Morgan fingerprint density at radius 1 is 1.42 bits per heavy atom.